The highest BCUT2D eigenvalue weighted by Gasteiger charge is 2.15. The first-order valence-electron chi connectivity index (χ1n) is 6.98. The van der Waals surface area contributed by atoms with Crippen LogP contribution >= 0.6 is 0 Å². The molecule has 0 radical (unpaired) electrons. The Hall–Kier alpha value is -0.590. The smallest absolute Gasteiger partial charge is 0.0683 e. The Morgan fingerprint density at radius 3 is 2.47 bits per heavy atom. The molecule has 1 N–H and O–H groups in total. The van der Waals surface area contributed by atoms with E-state index in [1.807, 2.05) is 13.8 Å². The van der Waals surface area contributed by atoms with E-state index in [2.05, 4.69) is 16.3 Å². The van der Waals surface area contributed by atoms with Gasteiger partial charge in [0.25, 0.3) is 0 Å². The van der Waals surface area contributed by atoms with E-state index in [-0.39, 0.29) is 5.41 Å². The predicted octanol–water partition coefficient (Wildman–Crippen LogP) is 2.39. The maximum absolute atomic E-state index is 8.88. The minimum absolute atomic E-state index is 0.156. The number of nitrogens with one attached hydrogen (secondary N) is 1. The molecule has 0 spiro atoms. The molecule has 0 bridgehead atoms. The average molecular weight is 237 g/mol. The molecule has 0 aromatic carbocycles. The summed E-state index contributed by atoms with van der Waals surface area (Å²) >= 11 is 0. The third kappa shape index (κ3) is 6.65. The molecule has 1 aliphatic rings. The van der Waals surface area contributed by atoms with Crippen molar-refractivity contribution in [2.75, 3.05) is 32.7 Å². The van der Waals surface area contributed by atoms with Gasteiger partial charge in [0, 0.05) is 0 Å². The number of nitriles is 1. The Morgan fingerprint density at radius 2 is 1.82 bits per heavy atom. The van der Waals surface area contributed by atoms with Gasteiger partial charge in [0.2, 0.25) is 0 Å². The predicted molar refractivity (Wildman–Crippen MR) is 71.8 cm³/mol. The standard InChI is InChI=1S/C14H27N3/c1-14(2,13-15)7-5-8-16-9-6-12-17-10-3-4-11-17/h16H,3-12H2,1-2H3. The highest BCUT2D eigenvalue weighted by Crippen LogP contribution is 2.19. The number of nitrogens with zero attached hydrogens (tertiary/aromatic N) is 2. The molecule has 0 unspecified atom stereocenters. The molecule has 0 atom stereocenters. The summed E-state index contributed by atoms with van der Waals surface area (Å²) in [5, 5.41) is 12.4. The summed E-state index contributed by atoms with van der Waals surface area (Å²) in [6.07, 6.45) is 6.11. The van der Waals surface area contributed by atoms with Crippen LogP contribution in [0.15, 0.2) is 0 Å². The van der Waals surface area contributed by atoms with Crippen molar-refractivity contribution in [3.05, 3.63) is 0 Å². The number of likely N-dealkylation sites (tertiary alicyclic amines) is 1. The highest BCUT2D eigenvalue weighted by molar-refractivity contribution is 4.91. The van der Waals surface area contributed by atoms with Gasteiger partial charge in [-0.1, -0.05) is 0 Å². The van der Waals surface area contributed by atoms with E-state index in [1.165, 1.54) is 38.9 Å². The molecule has 98 valence electrons. The van der Waals surface area contributed by atoms with Gasteiger partial charge in [-0.05, 0) is 78.7 Å². The van der Waals surface area contributed by atoms with Gasteiger partial charge in [-0.3, -0.25) is 0 Å². The van der Waals surface area contributed by atoms with Crippen LogP contribution in [0.2, 0.25) is 0 Å². The number of hydrogen-bond donors (Lipinski definition) is 1. The average Bonchev–Trinajstić information content (AvgIpc) is 2.81. The Kier molecular flexibility index (Phi) is 6.54. The monoisotopic (exact) mass is 237 g/mol. The fraction of sp³-hybridized carbons (Fsp3) is 0.929. The molecule has 0 amide bonds. The van der Waals surface area contributed by atoms with E-state index in [1.54, 1.807) is 0 Å². The molecule has 1 aliphatic heterocycles. The van der Waals surface area contributed by atoms with Gasteiger partial charge in [0.05, 0.1) is 11.5 Å². The first kappa shape index (κ1) is 14.5. The summed E-state index contributed by atoms with van der Waals surface area (Å²) in [5.41, 5.74) is -0.156. The Balaban J connectivity index is 1.86. The molecule has 3 nitrogen and oxygen atoms in total. The third-order valence-electron chi connectivity index (χ3n) is 3.48. The lowest BCUT2D eigenvalue weighted by atomic mass is 9.90. The summed E-state index contributed by atoms with van der Waals surface area (Å²) < 4.78 is 0. The van der Waals surface area contributed by atoms with Crippen LogP contribution in [0, 0.1) is 16.7 Å². The van der Waals surface area contributed by atoms with Crippen molar-refractivity contribution >= 4 is 0 Å². The highest BCUT2D eigenvalue weighted by atomic mass is 15.1. The van der Waals surface area contributed by atoms with Gasteiger partial charge in [-0.15, -0.1) is 0 Å². The second-order valence-electron chi connectivity index (χ2n) is 5.75. The molecule has 0 aromatic heterocycles. The van der Waals surface area contributed by atoms with E-state index >= 15 is 0 Å². The maximum Gasteiger partial charge on any atom is 0.0683 e. The minimum atomic E-state index is -0.156. The van der Waals surface area contributed by atoms with E-state index < -0.39 is 0 Å². The van der Waals surface area contributed by atoms with Crippen molar-refractivity contribution in [2.24, 2.45) is 5.41 Å². The molecule has 0 saturated carbocycles. The van der Waals surface area contributed by atoms with E-state index in [9.17, 15) is 0 Å². The molecule has 0 aliphatic carbocycles. The van der Waals surface area contributed by atoms with Crippen LogP contribution in [0.1, 0.15) is 46.0 Å². The third-order valence-corrected chi connectivity index (χ3v) is 3.48. The first-order valence-corrected chi connectivity index (χ1v) is 6.98. The molecule has 1 saturated heterocycles. The number of rotatable bonds is 8. The number of hydrogen-bond acceptors (Lipinski definition) is 3. The summed E-state index contributed by atoms with van der Waals surface area (Å²) in [6, 6.07) is 2.35. The minimum Gasteiger partial charge on any atom is -0.317 e. The van der Waals surface area contributed by atoms with Crippen LogP contribution in [-0.4, -0.2) is 37.6 Å². The van der Waals surface area contributed by atoms with Gasteiger partial charge < -0.3 is 10.2 Å². The first-order chi connectivity index (χ1) is 8.14. The molecule has 3 heteroatoms. The van der Waals surface area contributed by atoms with Crippen LogP contribution in [0.25, 0.3) is 0 Å². The maximum atomic E-state index is 8.88. The van der Waals surface area contributed by atoms with E-state index in [4.69, 9.17) is 5.26 Å². The fourth-order valence-corrected chi connectivity index (χ4v) is 2.27. The van der Waals surface area contributed by atoms with Gasteiger partial charge >= 0.3 is 0 Å². The second-order valence-corrected chi connectivity index (χ2v) is 5.75. The summed E-state index contributed by atoms with van der Waals surface area (Å²) in [5.74, 6) is 0. The Bertz CT molecular complexity index is 236. The zero-order chi connectivity index (χ0) is 12.6. The van der Waals surface area contributed by atoms with Crippen LogP contribution in [-0.2, 0) is 0 Å². The summed E-state index contributed by atoms with van der Waals surface area (Å²) in [6.45, 7) is 10.0. The van der Waals surface area contributed by atoms with Gasteiger partial charge in [-0.2, -0.15) is 5.26 Å². The van der Waals surface area contributed by atoms with Crippen LogP contribution in [0.5, 0.6) is 0 Å². The quantitative estimate of drug-likeness (QED) is 0.659. The fourth-order valence-electron chi connectivity index (χ4n) is 2.27. The zero-order valence-corrected chi connectivity index (χ0v) is 11.5. The van der Waals surface area contributed by atoms with Crippen molar-refractivity contribution in [2.45, 2.75) is 46.0 Å². The van der Waals surface area contributed by atoms with Crippen molar-refractivity contribution < 1.29 is 0 Å². The summed E-state index contributed by atoms with van der Waals surface area (Å²) in [4.78, 5) is 2.56. The molecular weight excluding hydrogens is 210 g/mol. The van der Waals surface area contributed by atoms with Gasteiger partial charge in [-0.25, -0.2) is 0 Å². The van der Waals surface area contributed by atoms with Gasteiger partial charge in [0.15, 0.2) is 0 Å². The SMILES string of the molecule is CC(C)(C#N)CCCNCCCN1CCCC1. The van der Waals surface area contributed by atoms with Crippen molar-refractivity contribution in [3.63, 3.8) is 0 Å². The second kappa shape index (κ2) is 7.68. The Labute approximate surface area is 106 Å². The van der Waals surface area contributed by atoms with Crippen molar-refractivity contribution in [3.8, 4) is 6.07 Å². The molecule has 1 heterocycles. The Morgan fingerprint density at radius 1 is 1.18 bits per heavy atom. The lowest BCUT2D eigenvalue weighted by Gasteiger charge is -2.16. The van der Waals surface area contributed by atoms with Crippen LogP contribution in [0.4, 0.5) is 0 Å². The molecule has 17 heavy (non-hydrogen) atoms. The van der Waals surface area contributed by atoms with E-state index in [0.29, 0.717) is 0 Å². The van der Waals surface area contributed by atoms with Crippen LogP contribution in [0.3, 0.4) is 0 Å². The van der Waals surface area contributed by atoms with Crippen LogP contribution < -0.4 is 5.32 Å². The lowest BCUT2D eigenvalue weighted by molar-refractivity contribution is 0.330. The normalized spacial score (nSPS) is 17.2. The van der Waals surface area contributed by atoms with Crippen molar-refractivity contribution in [1.82, 2.24) is 10.2 Å². The molecular formula is C14H27N3. The molecule has 1 fully saturated rings. The molecule has 0 aromatic rings. The van der Waals surface area contributed by atoms with Gasteiger partial charge in [0.1, 0.15) is 0 Å². The van der Waals surface area contributed by atoms with E-state index in [0.717, 1.165) is 25.9 Å². The summed E-state index contributed by atoms with van der Waals surface area (Å²) in [7, 11) is 0. The largest absolute Gasteiger partial charge is 0.317 e. The zero-order valence-electron chi connectivity index (χ0n) is 11.5. The lowest BCUT2D eigenvalue weighted by Crippen LogP contribution is -2.25. The topological polar surface area (TPSA) is 39.1 Å². The van der Waals surface area contributed by atoms with Crippen molar-refractivity contribution in [1.29, 1.82) is 5.26 Å². The molecule has 1 rings (SSSR count).